The minimum absolute atomic E-state index is 0.0821. The number of anilines is 3. The maximum Gasteiger partial charge on any atom is 0.278 e. The summed E-state index contributed by atoms with van der Waals surface area (Å²) in [4.78, 5) is 23.2. The molecule has 0 fully saturated rings. The number of benzene rings is 2. The molecular weight excluding hydrogens is 331 g/mol. The molecule has 26 heavy (non-hydrogen) atoms. The maximum atomic E-state index is 13.0. The van der Waals surface area contributed by atoms with Crippen molar-refractivity contribution in [3.05, 3.63) is 78.0 Å². The number of hydrogen-bond donors (Lipinski definition) is 1. The molecule has 1 aromatic heterocycles. The summed E-state index contributed by atoms with van der Waals surface area (Å²) in [7, 11) is 0. The number of carbonyl (C=O) groups is 1. The van der Waals surface area contributed by atoms with E-state index in [0.717, 1.165) is 17.7 Å². The Bertz CT molecular complexity index is 941. The third kappa shape index (κ3) is 3.01. The van der Waals surface area contributed by atoms with E-state index in [-0.39, 0.29) is 17.8 Å². The van der Waals surface area contributed by atoms with E-state index in [9.17, 15) is 9.18 Å². The summed E-state index contributed by atoms with van der Waals surface area (Å²) in [5.74, 6) is 0.0221. The topological polar surface area (TPSA) is 58.1 Å². The van der Waals surface area contributed by atoms with Gasteiger partial charge in [-0.15, -0.1) is 0 Å². The Kier molecular flexibility index (Phi) is 4.08. The molecule has 0 bridgehead atoms. The zero-order chi connectivity index (χ0) is 18.1. The van der Waals surface area contributed by atoms with Gasteiger partial charge in [0.05, 0.1) is 12.4 Å². The molecule has 6 heteroatoms. The molecule has 2 heterocycles. The van der Waals surface area contributed by atoms with E-state index in [2.05, 4.69) is 15.3 Å². The first-order valence-electron chi connectivity index (χ1n) is 8.38. The first-order valence-corrected chi connectivity index (χ1v) is 8.38. The number of halogens is 1. The average Bonchev–Trinajstić information content (AvgIpc) is 2.99. The number of carbonyl (C=O) groups excluding carboxylic acids is 1. The Hall–Kier alpha value is -3.28. The van der Waals surface area contributed by atoms with E-state index in [0.29, 0.717) is 17.2 Å². The van der Waals surface area contributed by atoms with Gasteiger partial charge in [0.25, 0.3) is 5.91 Å². The number of hydrogen-bond acceptors (Lipinski definition) is 4. The van der Waals surface area contributed by atoms with E-state index < -0.39 is 0 Å². The van der Waals surface area contributed by atoms with E-state index in [1.165, 1.54) is 24.5 Å². The first kappa shape index (κ1) is 16.2. The number of amides is 1. The van der Waals surface area contributed by atoms with Gasteiger partial charge in [-0.05, 0) is 49.2 Å². The van der Waals surface area contributed by atoms with Gasteiger partial charge in [-0.3, -0.25) is 4.79 Å². The van der Waals surface area contributed by atoms with Crippen molar-refractivity contribution in [3.8, 4) is 0 Å². The second-order valence-corrected chi connectivity index (χ2v) is 6.28. The fraction of sp³-hybridized carbons (Fsp3) is 0.150. The largest absolute Gasteiger partial charge is 0.339 e. The molecule has 1 unspecified atom stereocenters. The SMILES string of the molecule is CC1Cc2ccccc2N1C(=O)c1cnc(Nc2ccc(F)cc2)cn1. The van der Waals surface area contributed by atoms with Crippen molar-refractivity contribution >= 4 is 23.1 Å². The predicted octanol–water partition coefficient (Wildman–Crippen LogP) is 3.95. The van der Waals surface area contributed by atoms with E-state index in [1.54, 1.807) is 17.0 Å². The molecule has 0 spiro atoms. The summed E-state index contributed by atoms with van der Waals surface area (Å²) in [6, 6.07) is 13.9. The van der Waals surface area contributed by atoms with Gasteiger partial charge in [-0.1, -0.05) is 18.2 Å². The van der Waals surface area contributed by atoms with Gasteiger partial charge in [0, 0.05) is 17.4 Å². The Labute approximate surface area is 150 Å². The quantitative estimate of drug-likeness (QED) is 0.779. The molecule has 130 valence electrons. The number of nitrogens with zero attached hydrogens (tertiary/aromatic N) is 3. The molecule has 5 nitrogen and oxygen atoms in total. The van der Waals surface area contributed by atoms with Crippen LogP contribution in [0.15, 0.2) is 60.9 Å². The van der Waals surface area contributed by atoms with Gasteiger partial charge in [0.15, 0.2) is 0 Å². The highest BCUT2D eigenvalue weighted by molar-refractivity contribution is 6.06. The molecule has 1 N–H and O–H groups in total. The smallest absolute Gasteiger partial charge is 0.278 e. The molecule has 1 aliphatic heterocycles. The molecule has 0 saturated carbocycles. The van der Waals surface area contributed by atoms with Gasteiger partial charge >= 0.3 is 0 Å². The van der Waals surface area contributed by atoms with Crippen LogP contribution in [0.25, 0.3) is 0 Å². The van der Waals surface area contributed by atoms with E-state index >= 15 is 0 Å². The average molecular weight is 348 g/mol. The minimum Gasteiger partial charge on any atom is -0.339 e. The zero-order valence-electron chi connectivity index (χ0n) is 14.2. The Morgan fingerprint density at radius 1 is 1.12 bits per heavy atom. The number of para-hydroxylation sites is 1. The van der Waals surface area contributed by atoms with Crippen LogP contribution in [-0.2, 0) is 6.42 Å². The monoisotopic (exact) mass is 348 g/mol. The van der Waals surface area contributed by atoms with Crippen LogP contribution in [0, 0.1) is 5.82 Å². The van der Waals surface area contributed by atoms with Gasteiger partial charge in [-0.2, -0.15) is 0 Å². The third-order valence-corrected chi connectivity index (χ3v) is 4.41. The lowest BCUT2D eigenvalue weighted by molar-refractivity contribution is 0.0976. The molecule has 3 aromatic rings. The highest BCUT2D eigenvalue weighted by Crippen LogP contribution is 2.32. The summed E-state index contributed by atoms with van der Waals surface area (Å²) in [6.45, 7) is 2.02. The molecule has 4 rings (SSSR count). The normalized spacial score (nSPS) is 15.6. The summed E-state index contributed by atoms with van der Waals surface area (Å²) in [5, 5.41) is 3.03. The number of aromatic nitrogens is 2. The van der Waals surface area contributed by atoms with Gasteiger partial charge in [0.2, 0.25) is 0 Å². The fourth-order valence-corrected chi connectivity index (χ4v) is 3.18. The van der Waals surface area contributed by atoms with Gasteiger partial charge in [0.1, 0.15) is 17.3 Å². The van der Waals surface area contributed by atoms with Crippen LogP contribution >= 0.6 is 0 Å². The second kappa shape index (κ2) is 6.55. The molecule has 0 aliphatic carbocycles. The summed E-state index contributed by atoms with van der Waals surface area (Å²) in [6.07, 6.45) is 3.80. The minimum atomic E-state index is -0.303. The lowest BCUT2D eigenvalue weighted by Crippen LogP contribution is -2.36. The van der Waals surface area contributed by atoms with Crippen molar-refractivity contribution in [1.29, 1.82) is 0 Å². The van der Waals surface area contributed by atoms with Crippen LogP contribution in [0.1, 0.15) is 23.0 Å². The van der Waals surface area contributed by atoms with E-state index in [4.69, 9.17) is 0 Å². The van der Waals surface area contributed by atoms with E-state index in [1.807, 2.05) is 31.2 Å². The van der Waals surface area contributed by atoms with Crippen LogP contribution in [0.5, 0.6) is 0 Å². The van der Waals surface area contributed by atoms with Crippen molar-refractivity contribution < 1.29 is 9.18 Å². The summed E-state index contributed by atoms with van der Waals surface area (Å²) < 4.78 is 13.0. The predicted molar refractivity (Wildman–Crippen MR) is 98.1 cm³/mol. The standard InChI is InChI=1S/C20H17FN4O/c1-13-10-14-4-2-3-5-18(14)25(13)20(26)17-11-23-19(12-22-17)24-16-8-6-15(21)7-9-16/h2-9,11-13H,10H2,1H3,(H,23,24). The fourth-order valence-electron chi connectivity index (χ4n) is 3.18. The Morgan fingerprint density at radius 3 is 2.62 bits per heavy atom. The summed E-state index contributed by atoms with van der Waals surface area (Å²) >= 11 is 0. The second-order valence-electron chi connectivity index (χ2n) is 6.28. The molecule has 1 amide bonds. The molecule has 1 atom stereocenters. The van der Waals surface area contributed by atoms with Crippen molar-refractivity contribution in [2.45, 2.75) is 19.4 Å². The van der Waals surface area contributed by atoms with Crippen LogP contribution in [0.3, 0.4) is 0 Å². The number of nitrogens with one attached hydrogen (secondary N) is 1. The van der Waals surface area contributed by atoms with Crippen molar-refractivity contribution in [2.24, 2.45) is 0 Å². The first-order chi connectivity index (χ1) is 12.6. The lowest BCUT2D eigenvalue weighted by atomic mass is 10.1. The van der Waals surface area contributed by atoms with Crippen molar-refractivity contribution in [2.75, 3.05) is 10.2 Å². The summed E-state index contributed by atoms with van der Waals surface area (Å²) in [5.41, 5.74) is 3.08. The Balaban J connectivity index is 1.53. The zero-order valence-corrected chi connectivity index (χ0v) is 14.2. The highest BCUT2D eigenvalue weighted by atomic mass is 19.1. The van der Waals surface area contributed by atoms with Crippen LogP contribution in [0.4, 0.5) is 21.6 Å². The van der Waals surface area contributed by atoms with Crippen LogP contribution < -0.4 is 10.2 Å². The van der Waals surface area contributed by atoms with Crippen LogP contribution in [0.2, 0.25) is 0 Å². The molecule has 1 aliphatic rings. The third-order valence-electron chi connectivity index (χ3n) is 4.41. The molecular formula is C20H17FN4O. The Morgan fingerprint density at radius 2 is 1.88 bits per heavy atom. The maximum absolute atomic E-state index is 13.0. The van der Waals surface area contributed by atoms with Crippen molar-refractivity contribution in [3.63, 3.8) is 0 Å². The highest BCUT2D eigenvalue weighted by Gasteiger charge is 2.31. The molecule has 0 radical (unpaired) electrons. The van der Waals surface area contributed by atoms with Gasteiger partial charge in [-0.25, -0.2) is 14.4 Å². The van der Waals surface area contributed by atoms with Crippen LogP contribution in [-0.4, -0.2) is 21.9 Å². The lowest BCUT2D eigenvalue weighted by Gasteiger charge is -2.22. The van der Waals surface area contributed by atoms with Gasteiger partial charge < -0.3 is 10.2 Å². The number of rotatable bonds is 3. The number of fused-ring (bicyclic) bond motifs is 1. The molecule has 2 aromatic carbocycles. The molecule has 0 saturated heterocycles. The van der Waals surface area contributed by atoms with Crippen molar-refractivity contribution in [1.82, 2.24) is 9.97 Å².